The molecule has 2 fully saturated rings. The van der Waals surface area contributed by atoms with Gasteiger partial charge in [-0.05, 0) is 49.5 Å². The molecule has 25 heavy (non-hydrogen) atoms. The summed E-state index contributed by atoms with van der Waals surface area (Å²) < 4.78 is 0. The number of fused-ring (bicyclic) bond motifs is 1. The van der Waals surface area contributed by atoms with Crippen LogP contribution in [-0.2, 0) is 16.0 Å². The van der Waals surface area contributed by atoms with Gasteiger partial charge in [0.05, 0.1) is 0 Å². The minimum Gasteiger partial charge on any atom is -0.353 e. The van der Waals surface area contributed by atoms with E-state index in [-0.39, 0.29) is 23.9 Å². The fourth-order valence-electron chi connectivity index (χ4n) is 4.60. The Kier molecular flexibility index (Phi) is 6.11. The fourth-order valence-corrected chi connectivity index (χ4v) is 4.60. The van der Waals surface area contributed by atoms with Gasteiger partial charge in [-0.1, -0.05) is 43.7 Å². The number of carbonyl (C=O) groups excluding carboxylic acids is 2. The molecule has 1 aliphatic heterocycles. The molecule has 0 bridgehead atoms. The van der Waals surface area contributed by atoms with Crippen molar-refractivity contribution < 1.29 is 9.59 Å². The molecule has 1 aromatic carbocycles. The second kappa shape index (κ2) is 8.50. The molecule has 1 saturated carbocycles. The van der Waals surface area contributed by atoms with Crippen molar-refractivity contribution in [1.82, 2.24) is 10.6 Å². The Morgan fingerprint density at radius 2 is 2.04 bits per heavy atom. The lowest BCUT2D eigenvalue weighted by Crippen LogP contribution is -2.55. The van der Waals surface area contributed by atoms with Gasteiger partial charge in [-0.25, -0.2) is 0 Å². The highest BCUT2D eigenvalue weighted by molar-refractivity contribution is 5.78. The minimum absolute atomic E-state index is 0.125. The zero-order valence-electron chi connectivity index (χ0n) is 15.2. The smallest absolute Gasteiger partial charge is 0.220 e. The second-order valence-electron chi connectivity index (χ2n) is 7.65. The molecule has 0 radical (unpaired) electrons. The Morgan fingerprint density at radius 1 is 1.24 bits per heavy atom. The molecule has 1 heterocycles. The lowest BCUT2D eigenvalue weighted by molar-refractivity contribution is -0.127. The molecule has 4 atom stereocenters. The number of piperidine rings is 1. The van der Waals surface area contributed by atoms with E-state index in [0.717, 1.165) is 38.5 Å². The largest absolute Gasteiger partial charge is 0.353 e. The van der Waals surface area contributed by atoms with Crippen molar-refractivity contribution in [1.29, 1.82) is 0 Å². The Bertz CT molecular complexity index is 587. The number of carbonyl (C=O) groups is 2. The molecule has 4 nitrogen and oxygen atoms in total. The first-order chi connectivity index (χ1) is 12.2. The van der Waals surface area contributed by atoms with Crippen LogP contribution < -0.4 is 10.6 Å². The zero-order chi connectivity index (χ0) is 17.6. The zero-order valence-corrected chi connectivity index (χ0v) is 15.2. The molecule has 4 heteroatoms. The summed E-state index contributed by atoms with van der Waals surface area (Å²) >= 11 is 0. The SMILES string of the molecule is CCCC1CC(=O)NC2CC(NC(=O)CCc3ccccc3)CCC12. The molecule has 0 spiro atoms. The van der Waals surface area contributed by atoms with E-state index in [9.17, 15) is 9.59 Å². The summed E-state index contributed by atoms with van der Waals surface area (Å²) in [5, 5.41) is 6.37. The lowest BCUT2D eigenvalue weighted by Gasteiger charge is -2.44. The van der Waals surface area contributed by atoms with Gasteiger partial charge in [0.25, 0.3) is 0 Å². The first-order valence-corrected chi connectivity index (χ1v) is 9.78. The van der Waals surface area contributed by atoms with Crippen molar-refractivity contribution in [2.75, 3.05) is 0 Å². The Hall–Kier alpha value is -1.84. The maximum Gasteiger partial charge on any atom is 0.220 e. The van der Waals surface area contributed by atoms with Gasteiger partial charge in [0.2, 0.25) is 11.8 Å². The third kappa shape index (κ3) is 4.83. The van der Waals surface area contributed by atoms with Crippen molar-refractivity contribution in [3.05, 3.63) is 35.9 Å². The molecule has 2 amide bonds. The fraction of sp³-hybridized carbons (Fsp3) is 0.619. The summed E-state index contributed by atoms with van der Waals surface area (Å²) in [6.07, 6.45) is 7.30. The van der Waals surface area contributed by atoms with Gasteiger partial charge in [-0.2, -0.15) is 0 Å². The third-order valence-electron chi connectivity index (χ3n) is 5.81. The van der Waals surface area contributed by atoms with Crippen LogP contribution in [0.5, 0.6) is 0 Å². The van der Waals surface area contributed by atoms with Crippen LogP contribution in [0.15, 0.2) is 30.3 Å². The molecule has 1 saturated heterocycles. The van der Waals surface area contributed by atoms with E-state index in [1.807, 2.05) is 18.2 Å². The molecule has 1 aromatic rings. The van der Waals surface area contributed by atoms with Crippen LogP contribution in [0, 0.1) is 11.8 Å². The predicted octanol–water partition coefficient (Wildman–Crippen LogP) is 3.21. The highest BCUT2D eigenvalue weighted by Crippen LogP contribution is 2.37. The van der Waals surface area contributed by atoms with E-state index in [1.165, 1.54) is 5.56 Å². The molecule has 136 valence electrons. The summed E-state index contributed by atoms with van der Waals surface area (Å²) in [6, 6.07) is 10.6. The van der Waals surface area contributed by atoms with Crippen molar-refractivity contribution >= 4 is 11.8 Å². The first kappa shape index (κ1) is 18.0. The third-order valence-corrected chi connectivity index (χ3v) is 5.81. The molecule has 1 aliphatic carbocycles. The lowest BCUT2D eigenvalue weighted by atomic mass is 9.70. The number of nitrogens with one attached hydrogen (secondary N) is 2. The van der Waals surface area contributed by atoms with Crippen LogP contribution in [0.1, 0.15) is 57.4 Å². The van der Waals surface area contributed by atoms with Gasteiger partial charge in [-0.3, -0.25) is 9.59 Å². The van der Waals surface area contributed by atoms with Gasteiger partial charge in [0.1, 0.15) is 0 Å². The van der Waals surface area contributed by atoms with Crippen LogP contribution in [0.25, 0.3) is 0 Å². The standard InChI is InChI=1S/C21H30N2O2/c1-2-6-16-13-21(25)23-19-14-17(10-11-18(16)19)22-20(24)12-9-15-7-4-3-5-8-15/h3-5,7-8,16-19H,2,6,9-14H2,1H3,(H,22,24)(H,23,25). The van der Waals surface area contributed by atoms with Gasteiger partial charge in [-0.15, -0.1) is 0 Å². The Labute approximate surface area is 150 Å². The van der Waals surface area contributed by atoms with Crippen molar-refractivity contribution in [3.8, 4) is 0 Å². The molecule has 0 aromatic heterocycles. The quantitative estimate of drug-likeness (QED) is 0.834. The molecular formula is C21H30N2O2. The van der Waals surface area contributed by atoms with Crippen molar-refractivity contribution in [2.24, 2.45) is 11.8 Å². The predicted molar refractivity (Wildman–Crippen MR) is 99.0 cm³/mol. The molecular weight excluding hydrogens is 312 g/mol. The monoisotopic (exact) mass is 342 g/mol. The highest BCUT2D eigenvalue weighted by Gasteiger charge is 2.40. The van der Waals surface area contributed by atoms with Crippen molar-refractivity contribution in [3.63, 3.8) is 0 Å². The normalized spacial score (nSPS) is 28.8. The number of aryl methyl sites for hydroxylation is 1. The number of benzene rings is 1. The molecule has 2 aliphatic rings. The molecule has 2 N–H and O–H groups in total. The van der Waals surface area contributed by atoms with E-state index in [2.05, 4.69) is 29.7 Å². The van der Waals surface area contributed by atoms with Crippen LogP contribution in [0.2, 0.25) is 0 Å². The van der Waals surface area contributed by atoms with Gasteiger partial charge >= 0.3 is 0 Å². The van der Waals surface area contributed by atoms with Crippen LogP contribution >= 0.6 is 0 Å². The van der Waals surface area contributed by atoms with Crippen LogP contribution in [0.4, 0.5) is 0 Å². The van der Waals surface area contributed by atoms with E-state index in [4.69, 9.17) is 0 Å². The van der Waals surface area contributed by atoms with Gasteiger partial charge < -0.3 is 10.6 Å². The number of rotatable bonds is 6. The number of amides is 2. The number of hydrogen-bond donors (Lipinski definition) is 2. The van der Waals surface area contributed by atoms with E-state index in [1.54, 1.807) is 0 Å². The summed E-state index contributed by atoms with van der Waals surface area (Å²) in [7, 11) is 0. The first-order valence-electron chi connectivity index (χ1n) is 9.78. The summed E-state index contributed by atoms with van der Waals surface area (Å²) in [5.74, 6) is 1.43. The van der Waals surface area contributed by atoms with Crippen LogP contribution in [-0.4, -0.2) is 23.9 Å². The maximum atomic E-state index is 12.3. The Morgan fingerprint density at radius 3 is 2.80 bits per heavy atom. The summed E-state index contributed by atoms with van der Waals surface area (Å²) in [5.41, 5.74) is 1.20. The average molecular weight is 342 g/mol. The number of hydrogen-bond acceptors (Lipinski definition) is 2. The Balaban J connectivity index is 1.48. The van der Waals surface area contributed by atoms with Crippen LogP contribution in [0.3, 0.4) is 0 Å². The van der Waals surface area contributed by atoms with E-state index >= 15 is 0 Å². The molecule has 3 rings (SSSR count). The minimum atomic E-state index is 0.125. The topological polar surface area (TPSA) is 58.2 Å². The molecule has 4 unspecified atom stereocenters. The van der Waals surface area contributed by atoms with Gasteiger partial charge in [0, 0.05) is 24.9 Å². The van der Waals surface area contributed by atoms with Crippen molar-refractivity contribution in [2.45, 2.75) is 70.4 Å². The maximum absolute atomic E-state index is 12.3. The van der Waals surface area contributed by atoms with E-state index in [0.29, 0.717) is 24.7 Å². The average Bonchev–Trinajstić information content (AvgIpc) is 2.61. The summed E-state index contributed by atoms with van der Waals surface area (Å²) in [6.45, 7) is 2.19. The summed E-state index contributed by atoms with van der Waals surface area (Å²) in [4.78, 5) is 24.3. The highest BCUT2D eigenvalue weighted by atomic mass is 16.2. The second-order valence-corrected chi connectivity index (χ2v) is 7.65. The van der Waals surface area contributed by atoms with Gasteiger partial charge in [0.15, 0.2) is 0 Å². The van der Waals surface area contributed by atoms with E-state index < -0.39 is 0 Å².